The van der Waals surface area contributed by atoms with Crippen LogP contribution in [0.1, 0.15) is 43.5 Å². The first kappa shape index (κ1) is 12.5. The zero-order chi connectivity index (χ0) is 12.1. The van der Waals surface area contributed by atoms with E-state index in [9.17, 15) is 0 Å². The van der Waals surface area contributed by atoms with Gasteiger partial charge in [-0.15, -0.1) is 0 Å². The van der Waals surface area contributed by atoms with Crippen molar-refractivity contribution in [2.24, 2.45) is 5.92 Å². The Balaban J connectivity index is 1.94. The minimum atomic E-state index is 0.280. The number of aryl methyl sites for hydroxylation is 1. The predicted molar refractivity (Wildman–Crippen MR) is 68.8 cm³/mol. The minimum absolute atomic E-state index is 0.280. The Kier molecular flexibility index (Phi) is 4.51. The molecular weight excluding hydrogens is 212 g/mol. The van der Waals surface area contributed by atoms with Crippen molar-refractivity contribution < 1.29 is 5.11 Å². The van der Waals surface area contributed by atoms with E-state index in [2.05, 4.69) is 23.3 Å². The van der Waals surface area contributed by atoms with Crippen LogP contribution < -0.4 is 5.32 Å². The van der Waals surface area contributed by atoms with Gasteiger partial charge in [-0.1, -0.05) is 13.0 Å². The average Bonchev–Trinajstić information content (AvgIpc) is 2.36. The highest BCUT2D eigenvalue weighted by Gasteiger charge is 2.20. The van der Waals surface area contributed by atoms with Crippen LogP contribution in [0, 0.1) is 5.92 Å². The van der Waals surface area contributed by atoms with Crippen LogP contribution in [0.3, 0.4) is 0 Å². The van der Waals surface area contributed by atoms with Gasteiger partial charge in [0.25, 0.3) is 0 Å². The van der Waals surface area contributed by atoms with Crippen molar-refractivity contribution in [2.75, 3.05) is 13.2 Å². The topological polar surface area (TPSA) is 45.1 Å². The van der Waals surface area contributed by atoms with Crippen LogP contribution >= 0.6 is 0 Å². The lowest BCUT2D eigenvalue weighted by molar-refractivity contribution is 0.256. The molecule has 0 aliphatic heterocycles. The monoisotopic (exact) mass is 234 g/mol. The molecule has 0 amide bonds. The van der Waals surface area contributed by atoms with E-state index < -0.39 is 0 Å². The zero-order valence-electron chi connectivity index (χ0n) is 10.5. The standard InChI is InChI=1S/C14H22N2O/c1-11(7-9-17)10-16-13-6-2-4-12-5-3-8-15-14(12)13/h3,5,8,11,13,16-17H,2,4,6-7,9-10H2,1H3. The largest absolute Gasteiger partial charge is 0.396 e. The summed E-state index contributed by atoms with van der Waals surface area (Å²) >= 11 is 0. The molecule has 0 radical (unpaired) electrons. The molecule has 0 aromatic carbocycles. The first-order chi connectivity index (χ1) is 8.31. The number of nitrogens with zero attached hydrogens (tertiary/aromatic N) is 1. The van der Waals surface area contributed by atoms with E-state index in [1.165, 1.54) is 24.1 Å². The maximum atomic E-state index is 8.89. The lowest BCUT2D eigenvalue weighted by Crippen LogP contribution is -2.30. The van der Waals surface area contributed by atoms with Crippen molar-refractivity contribution in [3.05, 3.63) is 29.6 Å². The zero-order valence-corrected chi connectivity index (χ0v) is 10.5. The van der Waals surface area contributed by atoms with Gasteiger partial charge < -0.3 is 10.4 Å². The number of hydrogen-bond acceptors (Lipinski definition) is 3. The fourth-order valence-corrected chi connectivity index (χ4v) is 2.47. The molecule has 17 heavy (non-hydrogen) atoms. The van der Waals surface area contributed by atoms with Gasteiger partial charge in [0.1, 0.15) is 0 Å². The molecule has 2 rings (SSSR count). The van der Waals surface area contributed by atoms with Crippen LogP contribution in [0.2, 0.25) is 0 Å². The van der Waals surface area contributed by atoms with Crippen molar-refractivity contribution in [2.45, 2.75) is 38.6 Å². The second-order valence-electron chi connectivity index (χ2n) is 5.02. The van der Waals surface area contributed by atoms with E-state index in [1.54, 1.807) is 0 Å². The molecule has 1 aliphatic rings. The highest BCUT2D eigenvalue weighted by molar-refractivity contribution is 5.25. The maximum absolute atomic E-state index is 8.89. The normalized spacial score (nSPS) is 20.9. The van der Waals surface area contributed by atoms with Crippen molar-refractivity contribution in [1.29, 1.82) is 0 Å². The fourth-order valence-electron chi connectivity index (χ4n) is 2.47. The van der Waals surface area contributed by atoms with Gasteiger partial charge >= 0.3 is 0 Å². The molecule has 3 heteroatoms. The molecule has 1 aliphatic carbocycles. The van der Waals surface area contributed by atoms with Crippen LogP contribution in [0.4, 0.5) is 0 Å². The third-order valence-corrected chi connectivity index (χ3v) is 3.53. The van der Waals surface area contributed by atoms with Crippen LogP contribution in [0.25, 0.3) is 0 Å². The summed E-state index contributed by atoms with van der Waals surface area (Å²) < 4.78 is 0. The third kappa shape index (κ3) is 3.27. The van der Waals surface area contributed by atoms with Gasteiger partial charge in [0.15, 0.2) is 0 Å². The molecule has 0 spiro atoms. The Bertz CT molecular complexity index is 354. The molecule has 1 aromatic rings. The minimum Gasteiger partial charge on any atom is -0.396 e. The summed E-state index contributed by atoms with van der Waals surface area (Å²) in [5.74, 6) is 0.522. The second-order valence-corrected chi connectivity index (χ2v) is 5.02. The van der Waals surface area contributed by atoms with Gasteiger partial charge in [-0.2, -0.15) is 0 Å². The van der Waals surface area contributed by atoms with Gasteiger partial charge in [0, 0.05) is 18.8 Å². The summed E-state index contributed by atoms with van der Waals surface area (Å²) in [6.07, 6.45) is 6.33. The number of rotatable bonds is 5. The molecule has 2 atom stereocenters. The summed E-state index contributed by atoms with van der Waals surface area (Å²) in [4.78, 5) is 4.51. The van der Waals surface area contributed by atoms with Gasteiger partial charge in [0.05, 0.1) is 5.69 Å². The van der Waals surface area contributed by atoms with Gasteiger partial charge in [-0.25, -0.2) is 0 Å². The molecule has 3 nitrogen and oxygen atoms in total. The summed E-state index contributed by atoms with van der Waals surface area (Å²) in [6.45, 7) is 3.41. The first-order valence-electron chi connectivity index (χ1n) is 6.59. The van der Waals surface area contributed by atoms with E-state index in [-0.39, 0.29) is 6.61 Å². The van der Waals surface area contributed by atoms with Gasteiger partial charge in [-0.3, -0.25) is 4.98 Å². The smallest absolute Gasteiger partial charge is 0.0605 e. The number of pyridine rings is 1. The predicted octanol–water partition coefficient (Wildman–Crippen LogP) is 2.07. The highest BCUT2D eigenvalue weighted by Crippen LogP contribution is 2.27. The molecule has 1 aromatic heterocycles. The Labute approximate surface area is 103 Å². The Morgan fingerprint density at radius 1 is 1.59 bits per heavy atom. The summed E-state index contributed by atoms with van der Waals surface area (Å²) in [6, 6.07) is 4.62. The van der Waals surface area contributed by atoms with E-state index in [1.807, 2.05) is 12.3 Å². The summed E-state index contributed by atoms with van der Waals surface area (Å²) in [7, 11) is 0. The molecule has 0 fully saturated rings. The van der Waals surface area contributed by atoms with Crippen molar-refractivity contribution in [3.63, 3.8) is 0 Å². The van der Waals surface area contributed by atoms with E-state index in [0.717, 1.165) is 19.4 Å². The number of aliphatic hydroxyl groups excluding tert-OH is 1. The quantitative estimate of drug-likeness (QED) is 0.819. The number of fused-ring (bicyclic) bond motifs is 1. The average molecular weight is 234 g/mol. The van der Waals surface area contributed by atoms with Gasteiger partial charge in [-0.05, 0) is 49.8 Å². The van der Waals surface area contributed by atoms with Gasteiger partial charge in [0.2, 0.25) is 0 Å². The molecule has 0 saturated heterocycles. The SMILES string of the molecule is CC(CCO)CNC1CCCc2cccnc21. The van der Waals surface area contributed by atoms with Crippen molar-refractivity contribution >= 4 is 0 Å². The van der Waals surface area contributed by atoms with E-state index in [0.29, 0.717) is 12.0 Å². The Morgan fingerprint density at radius 2 is 2.47 bits per heavy atom. The molecule has 0 saturated carbocycles. The molecular formula is C14H22N2O. The summed E-state index contributed by atoms with van der Waals surface area (Å²) in [5, 5.41) is 12.5. The number of aliphatic hydroxyl groups is 1. The maximum Gasteiger partial charge on any atom is 0.0605 e. The van der Waals surface area contributed by atoms with Crippen LogP contribution in [-0.2, 0) is 6.42 Å². The van der Waals surface area contributed by atoms with Crippen molar-refractivity contribution in [1.82, 2.24) is 10.3 Å². The molecule has 1 heterocycles. The number of hydrogen-bond donors (Lipinski definition) is 2. The van der Waals surface area contributed by atoms with Crippen LogP contribution in [0.15, 0.2) is 18.3 Å². The lowest BCUT2D eigenvalue weighted by atomic mass is 9.91. The molecule has 2 unspecified atom stereocenters. The van der Waals surface area contributed by atoms with E-state index in [4.69, 9.17) is 5.11 Å². The van der Waals surface area contributed by atoms with Crippen LogP contribution in [-0.4, -0.2) is 23.2 Å². The molecule has 94 valence electrons. The first-order valence-corrected chi connectivity index (χ1v) is 6.59. The summed E-state index contributed by atoms with van der Waals surface area (Å²) in [5.41, 5.74) is 2.63. The Hall–Kier alpha value is -0.930. The third-order valence-electron chi connectivity index (χ3n) is 3.53. The number of nitrogens with one attached hydrogen (secondary N) is 1. The van der Waals surface area contributed by atoms with Crippen LogP contribution in [0.5, 0.6) is 0 Å². The van der Waals surface area contributed by atoms with Crippen molar-refractivity contribution in [3.8, 4) is 0 Å². The Morgan fingerprint density at radius 3 is 3.29 bits per heavy atom. The number of aromatic nitrogens is 1. The molecule has 0 bridgehead atoms. The lowest BCUT2D eigenvalue weighted by Gasteiger charge is -2.26. The fraction of sp³-hybridized carbons (Fsp3) is 0.643. The van der Waals surface area contributed by atoms with E-state index >= 15 is 0 Å². The molecule has 2 N–H and O–H groups in total. The second kappa shape index (κ2) is 6.12. The highest BCUT2D eigenvalue weighted by atomic mass is 16.3.